The van der Waals surface area contributed by atoms with Crippen LogP contribution in [0.1, 0.15) is 122 Å². The second-order valence-corrected chi connectivity index (χ2v) is 18.9. The van der Waals surface area contributed by atoms with Crippen LogP contribution >= 0.6 is 0 Å². The second-order valence-electron chi connectivity index (χ2n) is 18.9. The molecular formula is C38H65NO4. The van der Waals surface area contributed by atoms with Gasteiger partial charge in [-0.15, -0.1) is 0 Å². The van der Waals surface area contributed by atoms with E-state index < -0.39 is 11.5 Å². The molecule has 5 nitrogen and oxygen atoms in total. The van der Waals surface area contributed by atoms with Gasteiger partial charge in [0.25, 0.3) is 0 Å². The minimum Gasteiger partial charge on any atom is -0.481 e. The molecule has 1 aliphatic heterocycles. The van der Waals surface area contributed by atoms with Crippen LogP contribution in [-0.2, 0) is 14.3 Å². The van der Waals surface area contributed by atoms with Crippen molar-refractivity contribution in [2.75, 3.05) is 19.8 Å². The van der Waals surface area contributed by atoms with Gasteiger partial charge in [0.15, 0.2) is 0 Å². The number of nitrogens with two attached hydrogens (primary N) is 1. The molecule has 0 aromatic heterocycles. The molecule has 3 saturated carbocycles. The van der Waals surface area contributed by atoms with Gasteiger partial charge in [-0.2, -0.15) is 0 Å². The Hall–Kier alpha value is -0.910. The predicted octanol–water partition coefficient (Wildman–Crippen LogP) is 8.36. The van der Waals surface area contributed by atoms with E-state index in [9.17, 15) is 9.90 Å². The van der Waals surface area contributed by atoms with Crippen LogP contribution in [0.15, 0.2) is 11.6 Å². The Kier molecular flexibility index (Phi) is 8.01. The Morgan fingerprint density at radius 1 is 1.07 bits per heavy atom. The summed E-state index contributed by atoms with van der Waals surface area (Å²) in [5.74, 6) is 1.19. The molecule has 4 aliphatic carbocycles. The van der Waals surface area contributed by atoms with Gasteiger partial charge in [-0.05, 0) is 96.7 Å². The Labute approximate surface area is 263 Å². The summed E-state index contributed by atoms with van der Waals surface area (Å²) >= 11 is 0. The number of hydrogen-bond donors (Lipinski definition) is 2. The van der Waals surface area contributed by atoms with E-state index in [4.69, 9.17) is 15.2 Å². The topological polar surface area (TPSA) is 81.8 Å². The molecule has 0 aromatic rings. The van der Waals surface area contributed by atoms with Crippen molar-refractivity contribution >= 4 is 5.97 Å². The maximum atomic E-state index is 13.3. The Morgan fingerprint density at radius 2 is 1.72 bits per heavy atom. The summed E-state index contributed by atoms with van der Waals surface area (Å²) in [5.41, 5.74) is 7.36. The summed E-state index contributed by atoms with van der Waals surface area (Å²) in [4.78, 5) is 13.3. The van der Waals surface area contributed by atoms with Gasteiger partial charge in [0.1, 0.15) is 0 Å². The Balaban J connectivity index is 1.52. The highest BCUT2D eigenvalue weighted by molar-refractivity contribution is 5.73. The summed E-state index contributed by atoms with van der Waals surface area (Å²) in [7, 11) is 0. The highest BCUT2D eigenvalue weighted by Gasteiger charge is 2.71. The number of carboxylic acid groups (broad SMARTS) is 1. The van der Waals surface area contributed by atoms with Crippen molar-refractivity contribution in [1.29, 1.82) is 0 Å². The van der Waals surface area contributed by atoms with Gasteiger partial charge >= 0.3 is 5.97 Å². The molecule has 2 bridgehead atoms. The van der Waals surface area contributed by atoms with Gasteiger partial charge in [0.2, 0.25) is 0 Å². The number of carbonyl (C=O) groups is 1. The van der Waals surface area contributed by atoms with Crippen LogP contribution in [0.25, 0.3) is 0 Å². The van der Waals surface area contributed by atoms with E-state index in [-0.39, 0.29) is 44.5 Å². The lowest BCUT2D eigenvalue weighted by atomic mass is 9.34. The summed E-state index contributed by atoms with van der Waals surface area (Å²) in [6.45, 7) is 29.6. The van der Waals surface area contributed by atoms with Crippen LogP contribution in [0.2, 0.25) is 0 Å². The fourth-order valence-electron chi connectivity index (χ4n) is 11.9. The third-order valence-corrected chi connectivity index (χ3v) is 15.6. The second kappa shape index (κ2) is 10.3. The van der Waals surface area contributed by atoms with E-state index in [1.165, 1.54) is 0 Å². The Morgan fingerprint density at radius 3 is 2.30 bits per heavy atom. The van der Waals surface area contributed by atoms with Crippen molar-refractivity contribution in [2.45, 2.75) is 133 Å². The summed E-state index contributed by atoms with van der Waals surface area (Å²) in [6, 6.07) is 0. The fraction of sp³-hybridized carbons (Fsp3) is 0.921. The molecule has 12 atom stereocenters. The number of hydrogen-bond acceptors (Lipinski definition) is 4. The molecule has 246 valence electrons. The van der Waals surface area contributed by atoms with Crippen molar-refractivity contribution in [3.05, 3.63) is 11.6 Å². The largest absolute Gasteiger partial charge is 0.481 e. The highest BCUT2D eigenvalue weighted by Crippen LogP contribution is 2.75. The van der Waals surface area contributed by atoms with Crippen LogP contribution in [0.3, 0.4) is 0 Å². The molecule has 3 N–H and O–H groups in total. The number of aliphatic carboxylic acids is 1. The number of carboxylic acids is 1. The minimum absolute atomic E-state index is 0.0142. The normalized spacial score (nSPS) is 48.3. The molecule has 4 fully saturated rings. The lowest BCUT2D eigenvalue weighted by Crippen LogP contribution is -2.69. The first-order valence-corrected chi connectivity index (χ1v) is 17.5. The SMILES string of the molecule is CC(C)[C@@H](C)[C@@]1(C)CC[C@]2(C)[C@H]3CC[C@@H]4[C@@]5(COC[C@]4(C)[C@@H](OC[C@@](C)(N)C(C)(C)C)[C@H](C)C5)C3=CC[C@@]2(C)[C@@H]1C(=O)O. The summed E-state index contributed by atoms with van der Waals surface area (Å²) in [5, 5.41) is 10.9. The van der Waals surface area contributed by atoms with E-state index in [0.29, 0.717) is 36.2 Å². The van der Waals surface area contributed by atoms with Gasteiger partial charge in [-0.25, -0.2) is 0 Å². The van der Waals surface area contributed by atoms with Crippen LogP contribution < -0.4 is 5.73 Å². The van der Waals surface area contributed by atoms with Crippen LogP contribution in [0.5, 0.6) is 0 Å². The number of ether oxygens (including phenoxy) is 2. The number of fused-ring (bicyclic) bond motifs is 3. The molecule has 0 radical (unpaired) electrons. The standard InChI is InChI=1S/C38H65NO4/c1-23(2)25(4)33(8)17-18-35(10)26-13-14-28-34(9)20-42-22-38(28,27(26)15-16-36(35,11)29(33)31(40)41)19-24(3)30(34)43-21-37(12,39)32(5,6)7/h15,23-26,28-30H,13-14,16-22,39H2,1-12H3,(H,40,41)/t24-,25-,26+,28+,29-,30+,33-,34+,35-,36+,37-,38+/m1/s1. The zero-order valence-corrected chi connectivity index (χ0v) is 29.7. The van der Waals surface area contributed by atoms with Gasteiger partial charge in [0.05, 0.1) is 31.8 Å². The van der Waals surface area contributed by atoms with Crippen molar-refractivity contribution in [3.8, 4) is 0 Å². The van der Waals surface area contributed by atoms with E-state index in [1.807, 2.05) is 0 Å². The summed E-state index contributed by atoms with van der Waals surface area (Å²) < 4.78 is 13.5. The smallest absolute Gasteiger partial charge is 0.307 e. The van der Waals surface area contributed by atoms with Gasteiger partial charge < -0.3 is 20.3 Å². The van der Waals surface area contributed by atoms with Crippen LogP contribution in [-0.4, -0.2) is 42.5 Å². The lowest BCUT2D eigenvalue weighted by molar-refractivity contribution is -0.253. The van der Waals surface area contributed by atoms with Gasteiger partial charge in [-0.3, -0.25) is 4.79 Å². The first-order chi connectivity index (χ1) is 19.6. The van der Waals surface area contributed by atoms with Crippen LogP contribution in [0, 0.1) is 68.0 Å². The molecule has 5 heteroatoms. The van der Waals surface area contributed by atoms with Crippen molar-refractivity contribution < 1.29 is 19.4 Å². The monoisotopic (exact) mass is 599 g/mol. The molecule has 43 heavy (non-hydrogen) atoms. The average Bonchev–Trinajstić information content (AvgIpc) is 2.87. The highest BCUT2D eigenvalue weighted by atomic mass is 16.5. The first-order valence-electron chi connectivity index (χ1n) is 17.5. The average molecular weight is 600 g/mol. The maximum absolute atomic E-state index is 13.3. The molecule has 5 rings (SSSR count). The van der Waals surface area contributed by atoms with Gasteiger partial charge in [-0.1, -0.05) is 87.8 Å². The van der Waals surface area contributed by atoms with Crippen molar-refractivity contribution in [3.63, 3.8) is 0 Å². The molecule has 5 aliphatic rings. The van der Waals surface area contributed by atoms with E-state index in [2.05, 4.69) is 89.2 Å². The van der Waals surface area contributed by atoms with E-state index in [1.54, 1.807) is 5.57 Å². The first kappa shape index (κ1) is 33.5. The molecular weight excluding hydrogens is 534 g/mol. The zero-order chi connectivity index (χ0) is 32.2. The molecule has 0 aromatic carbocycles. The molecule has 1 saturated heterocycles. The lowest BCUT2D eigenvalue weighted by Gasteiger charge is -2.71. The molecule has 0 unspecified atom stereocenters. The van der Waals surface area contributed by atoms with E-state index in [0.717, 1.165) is 51.7 Å². The number of rotatable bonds is 6. The van der Waals surface area contributed by atoms with Crippen molar-refractivity contribution in [1.82, 2.24) is 0 Å². The Bertz CT molecular complexity index is 1140. The van der Waals surface area contributed by atoms with Crippen molar-refractivity contribution in [2.24, 2.45) is 73.7 Å². The number of allylic oxidation sites excluding steroid dienone is 1. The zero-order valence-electron chi connectivity index (χ0n) is 29.7. The maximum Gasteiger partial charge on any atom is 0.307 e. The minimum atomic E-state index is -0.589. The van der Waals surface area contributed by atoms with Gasteiger partial charge in [0, 0.05) is 16.4 Å². The molecule has 0 spiro atoms. The predicted molar refractivity (Wildman–Crippen MR) is 175 cm³/mol. The van der Waals surface area contributed by atoms with Crippen LogP contribution in [0.4, 0.5) is 0 Å². The molecule has 1 heterocycles. The molecule has 0 amide bonds. The quantitative estimate of drug-likeness (QED) is 0.300. The summed E-state index contributed by atoms with van der Waals surface area (Å²) in [6.07, 6.45) is 8.99. The third-order valence-electron chi connectivity index (χ3n) is 15.6. The third kappa shape index (κ3) is 4.50. The van der Waals surface area contributed by atoms with E-state index >= 15 is 0 Å². The fourth-order valence-corrected chi connectivity index (χ4v) is 11.9.